The number of hydrogen-bond donors (Lipinski definition) is 2. The number of nitrogens with zero attached hydrogens (tertiary/aromatic N) is 3. The molecule has 1 amide bonds. The topological polar surface area (TPSA) is 69.2 Å². The van der Waals surface area contributed by atoms with Crippen molar-refractivity contribution in [1.82, 2.24) is 10.6 Å². The minimum absolute atomic E-state index is 0. The molecule has 0 aliphatic carbocycles. The molecule has 2 aromatic rings. The Morgan fingerprint density at radius 2 is 1.94 bits per heavy atom. The Bertz CT molecular complexity index is 950. The lowest BCUT2D eigenvalue weighted by atomic mass is 10.1. The van der Waals surface area contributed by atoms with Crippen molar-refractivity contribution in [2.24, 2.45) is 10.9 Å². The number of benzene rings is 2. The second-order valence-corrected chi connectivity index (χ2v) is 8.42. The number of amides is 1. The van der Waals surface area contributed by atoms with E-state index in [2.05, 4.69) is 44.8 Å². The maximum Gasteiger partial charge on any atom is 0.227 e. The zero-order chi connectivity index (χ0) is 22.3. The Labute approximate surface area is 213 Å². The van der Waals surface area contributed by atoms with Crippen LogP contribution in [-0.4, -0.2) is 52.2 Å². The molecule has 1 atom stereocenters. The number of ether oxygens (including phenoxy) is 1. The second kappa shape index (κ2) is 12.1. The van der Waals surface area contributed by atoms with Crippen LogP contribution in [0.4, 0.5) is 11.4 Å². The van der Waals surface area contributed by atoms with E-state index >= 15 is 0 Å². The summed E-state index contributed by atoms with van der Waals surface area (Å²) in [6.07, 6.45) is 2.75. The molecular formula is C25H34IN5O2. The van der Waals surface area contributed by atoms with Crippen LogP contribution in [0.25, 0.3) is 0 Å². The highest BCUT2D eigenvalue weighted by Crippen LogP contribution is 2.26. The van der Waals surface area contributed by atoms with E-state index in [0.717, 1.165) is 62.0 Å². The summed E-state index contributed by atoms with van der Waals surface area (Å²) in [6.45, 7) is 4.47. The molecule has 2 aliphatic heterocycles. The van der Waals surface area contributed by atoms with E-state index in [-0.39, 0.29) is 29.9 Å². The number of halogens is 1. The summed E-state index contributed by atoms with van der Waals surface area (Å²) >= 11 is 0. The van der Waals surface area contributed by atoms with Gasteiger partial charge in [0.1, 0.15) is 5.75 Å². The van der Waals surface area contributed by atoms with Gasteiger partial charge < -0.3 is 25.2 Å². The van der Waals surface area contributed by atoms with Crippen molar-refractivity contribution in [3.63, 3.8) is 0 Å². The quantitative estimate of drug-likeness (QED) is 0.306. The van der Waals surface area contributed by atoms with Crippen molar-refractivity contribution in [3.05, 3.63) is 54.1 Å². The zero-order valence-corrected chi connectivity index (χ0v) is 21.7. The molecule has 2 aliphatic rings. The minimum Gasteiger partial charge on any atom is -0.497 e. The van der Waals surface area contributed by atoms with E-state index in [1.807, 2.05) is 29.2 Å². The molecule has 2 saturated heterocycles. The summed E-state index contributed by atoms with van der Waals surface area (Å²) < 4.78 is 5.35. The number of rotatable bonds is 7. The number of hydrogen-bond acceptors (Lipinski definition) is 4. The highest BCUT2D eigenvalue weighted by molar-refractivity contribution is 14.0. The molecule has 0 spiro atoms. The first-order chi connectivity index (χ1) is 15.7. The van der Waals surface area contributed by atoms with Crippen molar-refractivity contribution in [2.75, 3.05) is 50.1 Å². The number of carbonyl (C=O) groups is 1. The molecule has 7 nitrogen and oxygen atoms in total. The monoisotopic (exact) mass is 563 g/mol. The maximum atomic E-state index is 11.9. The first kappa shape index (κ1) is 25.1. The van der Waals surface area contributed by atoms with Crippen molar-refractivity contribution in [2.45, 2.75) is 25.8 Å². The van der Waals surface area contributed by atoms with Crippen LogP contribution in [0.1, 0.15) is 24.8 Å². The average Bonchev–Trinajstić information content (AvgIpc) is 3.49. The smallest absolute Gasteiger partial charge is 0.227 e. The van der Waals surface area contributed by atoms with Gasteiger partial charge in [0, 0.05) is 63.6 Å². The standard InChI is InChI=1S/C25H33N5O2.HI/c1-26-25(27-16-19-8-10-21(11-9-19)30-13-4-7-24(30)31)28-17-20-12-14-29(18-20)22-5-3-6-23(15-22)32-2;/h3,5-6,8-11,15,20H,4,7,12-14,16-18H2,1-2H3,(H2,26,27,28);1H. The Morgan fingerprint density at radius 1 is 1.12 bits per heavy atom. The molecule has 0 bridgehead atoms. The van der Waals surface area contributed by atoms with Gasteiger partial charge in [-0.1, -0.05) is 18.2 Å². The number of anilines is 2. The van der Waals surface area contributed by atoms with Crippen LogP contribution in [0.3, 0.4) is 0 Å². The van der Waals surface area contributed by atoms with E-state index in [9.17, 15) is 4.79 Å². The molecule has 2 fully saturated rings. The molecule has 2 N–H and O–H groups in total. The van der Waals surface area contributed by atoms with Crippen LogP contribution in [0, 0.1) is 5.92 Å². The highest BCUT2D eigenvalue weighted by atomic mass is 127. The molecule has 0 radical (unpaired) electrons. The molecule has 4 rings (SSSR count). The Kier molecular flexibility index (Phi) is 9.22. The van der Waals surface area contributed by atoms with Crippen molar-refractivity contribution >= 4 is 47.2 Å². The first-order valence-corrected chi connectivity index (χ1v) is 11.4. The maximum absolute atomic E-state index is 11.9. The zero-order valence-electron chi connectivity index (χ0n) is 19.4. The van der Waals surface area contributed by atoms with Gasteiger partial charge in [-0.3, -0.25) is 9.79 Å². The number of methoxy groups -OCH3 is 1. The predicted octanol–water partition coefficient (Wildman–Crippen LogP) is 3.63. The Balaban J connectivity index is 0.00000306. The number of carbonyl (C=O) groups excluding carboxylic acids is 1. The van der Waals surface area contributed by atoms with Gasteiger partial charge >= 0.3 is 0 Å². The van der Waals surface area contributed by atoms with Gasteiger partial charge in [-0.05, 0) is 48.6 Å². The lowest BCUT2D eigenvalue weighted by Gasteiger charge is -2.20. The Hall–Kier alpha value is -2.49. The average molecular weight is 563 g/mol. The summed E-state index contributed by atoms with van der Waals surface area (Å²) in [6, 6.07) is 16.5. The van der Waals surface area contributed by atoms with Gasteiger partial charge in [0.15, 0.2) is 5.96 Å². The van der Waals surface area contributed by atoms with E-state index in [1.165, 1.54) is 5.69 Å². The molecule has 0 saturated carbocycles. The largest absolute Gasteiger partial charge is 0.497 e. The van der Waals surface area contributed by atoms with E-state index < -0.39 is 0 Å². The van der Waals surface area contributed by atoms with Crippen molar-refractivity contribution in [1.29, 1.82) is 0 Å². The van der Waals surface area contributed by atoms with Gasteiger partial charge in [0.2, 0.25) is 5.91 Å². The highest BCUT2D eigenvalue weighted by Gasteiger charge is 2.23. The number of nitrogens with one attached hydrogen (secondary N) is 2. The van der Waals surface area contributed by atoms with Crippen molar-refractivity contribution < 1.29 is 9.53 Å². The predicted molar refractivity (Wildman–Crippen MR) is 145 cm³/mol. The third-order valence-electron chi connectivity index (χ3n) is 6.27. The minimum atomic E-state index is 0. The van der Waals surface area contributed by atoms with Gasteiger partial charge in [-0.2, -0.15) is 0 Å². The van der Waals surface area contributed by atoms with Gasteiger partial charge in [0.25, 0.3) is 0 Å². The molecule has 2 aromatic carbocycles. The molecule has 178 valence electrons. The van der Waals surface area contributed by atoms with Crippen LogP contribution < -0.4 is 25.2 Å². The van der Waals surface area contributed by atoms with E-state index in [4.69, 9.17) is 4.74 Å². The third-order valence-corrected chi connectivity index (χ3v) is 6.27. The molecule has 33 heavy (non-hydrogen) atoms. The van der Waals surface area contributed by atoms with Crippen LogP contribution in [-0.2, 0) is 11.3 Å². The third kappa shape index (κ3) is 6.52. The van der Waals surface area contributed by atoms with E-state index in [1.54, 1.807) is 14.2 Å². The van der Waals surface area contributed by atoms with Crippen LogP contribution >= 0.6 is 24.0 Å². The fourth-order valence-electron chi connectivity index (χ4n) is 4.40. The Morgan fingerprint density at radius 3 is 2.64 bits per heavy atom. The molecule has 2 heterocycles. The van der Waals surface area contributed by atoms with Gasteiger partial charge in [-0.25, -0.2) is 0 Å². The normalized spacial score (nSPS) is 18.3. The fourth-order valence-corrected chi connectivity index (χ4v) is 4.40. The lowest BCUT2D eigenvalue weighted by molar-refractivity contribution is -0.117. The van der Waals surface area contributed by atoms with Gasteiger partial charge in [0.05, 0.1) is 7.11 Å². The van der Waals surface area contributed by atoms with Crippen LogP contribution in [0.5, 0.6) is 5.75 Å². The molecular weight excluding hydrogens is 529 g/mol. The second-order valence-electron chi connectivity index (χ2n) is 8.42. The summed E-state index contributed by atoms with van der Waals surface area (Å²) in [5.41, 5.74) is 3.36. The lowest BCUT2D eigenvalue weighted by Crippen LogP contribution is -2.39. The summed E-state index contributed by atoms with van der Waals surface area (Å²) in [7, 11) is 3.51. The molecule has 0 aromatic heterocycles. The number of guanidine groups is 1. The van der Waals surface area contributed by atoms with E-state index in [0.29, 0.717) is 18.9 Å². The van der Waals surface area contributed by atoms with Gasteiger partial charge in [-0.15, -0.1) is 24.0 Å². The summed E-state index contributed by atoms with van der Waals surface area (Å²) in [5, 5.41) is 6.87. The fraction of sp³-hybridized carbons (Fsp3) is 0.440. The van der Waals surface area contributed by atoms with Crippen LogP contribution in [0.2, 0.25) is 0 Å². The number of aliphatic imine (C=N–C) groups is 1. The first-order valence-electron chi connectivity index (χ1n) is 11.4. The van der Waals surface area contributed by atoms with Crippen molar-refractivity contribution in [3.8, 4) is 5.75 Å². The summed E-state index contributed by atoms with van der Waals surface area (Å²) in [5.74, 6) is 2.49. The van der Waals surface area contributed by atoms with Crippen LogP contribution in [0.15, 0.2) is 53.5 Å². The summed E-state index contributed by atoms with van der Waals surface area (Å²) in [4.78, 5) is 20.6. The molecule has 1 unspecified atom stereocenters. The SMILES string of the molecule is CN=C(NCc1ccc(N2CCCC2=O)cc1)NCC1CCN(c2cccc(OC)c2)C1.I. The molecule has 8 heteroatoms.